The van der Waals surface area contributed by atoms with E-state index >= 15 is 0 Å². The normalized spacial score (nSPS) is 12.5. The smallest absolute Gasteiger partial charge is 0.303 e. The molecule has 0 saturated carbocycles. The van der Waals surface area contributed by atoms with E-state index in [-0.39, 0.29) is 18.5 Å². The molecule has 1 aromatic rings. The fourth-order valence-corrected chi connectivity index (χ4v) is 3.40. The van der Waals surface area contributed by atoms with Crippen LogP contribution >= 0.6 is 0 Å². The maximum atomic E-state index is 11.4. The Morgan fingerprint density at radius 3 is 2.47 bits per heavy atom. The first-order valence-corrected chi connectivity index (χ1v) is 11.3. The lowest BCUT2D eigenvalue weighted by molar-refractivity contribution is -0.144. The maximum absolute atomic E-state index is 11.4. The van der Waals surface area contributed by atoms with Gasteiger partial charge in [0.1, 0.15) is 6.10 Å². The SMILES string of the molecule is CCCCCCCCC(/C=C/C=C/c1ccccc1CCCCC(=O)O)OC(C)=O. The van der Waals surface area contributed by atoms with E-state index in [1.807, 2.05) is 30.4 Å². The highest BCUT2D eigenvalue weighted by atomic mass is 16.5. The van der Waals surface area contributed by atoms with Crippen molar-refractivity contribution in [3.63, 3.8) is 0 Å². The Balaban J connectivity index is 2.54. The second-order valence-corrected chi connectivity index (χ2v) is 7.75. The molecule has 0 aromatic heterocycles. The fourth-order valence-electron chi connectivity index (χ4n) is 3.40. The highest BCUT2D eigenvalue weighted by Crippen LogP contribution is 2.15. The summed E-state index contributed by atoms with van der Waals surface area (Å²) in [6, 6.07) is 8.17. The van der Waals surface area contributed by atoms with Gasteiger partial charge in [0, 0.05) is 13.3 Å². The molecule has 1 unspecified atom stereocenters. The number of hydrogen-bond donors (Lipinski definition) is 1. The van der Waals surface area contributed by atoms with Crippen molar-refractivity contribution in [1.82, 2.24) is 0 Å². The summed E-state index contributed by atoms with van der Waals surface area (Å²) in [5.74, 6) is -0.983. The molecule has 0 aliphatic heterocycles. The van der Waals surface area contributed by atoms with Crippen LogP contribution < -0.4 is 0 Å². The minimum atomic E-state index is -0.739. The molecule has 0 bridgehead atoms. The molecular formula is C26H38O4. The number of unbranched alkanes of at least 4 members (excludes halogenated alkanes) is 6. The largest absolute Gasteiger partial charge is 0.481 e. The molecule has 30 heavy (non-hydrogen) atoms. The standard InChI is InChI=1S/C26H38O4/c1-3-4-5-6-7-8-19-25(30-22(2)27)20-13-11-17-23-15-9-10-16-24(23)18-12-14-21-26(28)29/h9-11,13,15-17,20,25H,3-8,12,14,18-19,21H2,1-2H3,(H,28,29)/b17-11+,20-13+. The number of rotatable bonds is 16. The number of hydrogen-bond acceptors (Lipinski definition) is 3. The Kier molecular flexibility index (Phi) is 14.1. The third-order valence-electron chi connectivity index (χ3n) is 5.01. The summed E-state index contributed by atoms with van der Waals surface area (Å²) in [4.78, 5) is 22.0. The molecular weight excluding hydrogens is 376 g/mol. The zero-order valence-electron chi connectivity index (χ0n) is 18.6. The zero-order chi connectivity index (χ0) is 22.0. The fraction of sp³-hybridized carbons (Fsp3) is 0.538. The number of ether oxygens (including phenoxy) is 1. The van der Waals surface area contributed by atoms with Gasteiger partial charge in [-0.3, -0.25) is 9.59 Å². The first kappa shape index (κ1) is 25.7. The van der Waals surface area contributed by atoms with Crippen molar-refractivity contribution in [2.45, 2.75) is 90.6 Å². The topological polar surface area (TPSA) is 63.6 Å². The van der Waals surface area contributed by atoms with Crippen LogP contribution in [0.1, 0.15) is 89.2 Å². The number of aliphatic carboxylic acids is 1. The van der Waals surface area contributed by atoms with Gasteiger partial charge in [-0.25, -0.2) is 0 Å². The van der Waals surface area contributed by atoms with Crippen LogP contribution in [0.5, 0.6) is 0 Å². The second-order valence-electron chi connectivity index (χ2n) is 7.75. The zero-order valence-corrected chi connectivity index (χ0v) is 18.6. The number of carbonyl (C=O) groups is 2. The molecule has 1 rings (SSSR count). The van der Waals surface area contributed by atoms with Crippen molar-refractivity contribution in [1.29, 1.82) is 0 Å². The van der Waals surface area contributed by atoms with Crippen LogP contribution in [0.3, 0.4) is 0 Å². The van der Waals surface area contributed by atoms with Crippen molar-refractivity contribution in [2.75, 3.05) is 0 Å². The van der Waals surface area contributed by atoms with Gasteiger partial charge in [-0.05, 0) is 49.3 Å². The van der Waals surface area contributed by atoms with Gasteiger partial charge in [0.2, 0.25) is 0 Å². The minimum Gasteiger partial charge on any atom is -0.481 e. The first-order valence-electron chi connectivity index (χ1n) is 11.3. The quantitative estimate of drug-likeness (QED) is 0.185. The first-order chi connectivity index (χ1) is 14.5. The molecule has 166 valence electrons. The third kappa shape index (κ3) is 13.0. The molecule has 0 aliphatic rings. The summed E-state index contributed by atoms with van der Waals surface area (Å²) in [5, 5.41) is 8.76. The number of allylic oxidation sites excluding steroid dienone is 2. The molecule has 0 heterocycles. The predicted octanol–water partition coefficient (Wildman–Crippen LogP) is 6.74. The van der Waals surface area contributed by atoms with Crippen molar-refractivity contribution in [3.8, 4) is 0 Å². The summed E-state index contributed by atoms with van der Waals surface area (Å²) in [7, 11) is 0. The van der Waals surface area contributed by atoms with Gasteiger partial charge < -0.3 is 9.84 Å². The molecule has 4 heteroatoms. The van der Waals surface area contributed by atoms with Gasteiger partial charge in [0.15, 0.2) is 0 Å². The summed E-state index contributed by atoms with van der Waals surface area (Å²) in [6.45, 7) is 3.67. The molecule has 0 radical (unpaired) electrons. The van der Waals surface area contributed by atoms with Crippen molar-refractivity contribution in [2.24, 2.45) is 0 Å². The van der Waals surface area contributed by atoms with Crippen molar-refractivity contribution >= 4 is 18.0 Å². The highest BCUT2D eigenvalue weighted by Gasteiger charge is 2.07. The van der Waals surface area contributed by atoms with Gasteiger partial charge in [0.05, 0.1) is 0 Å². The van der Waals surface area contributed by atoms with Gasteiger partial charge in [-0.2, -0.15) is 0 Å². The molecule has 0 fully saturated rings. The maximum Gasteiger partial charge on any atom is 0.303 e. The molecule has 1 N–H and O–H groups in total. The molecule has 4 nitrogen and oxygen atoms in total. The van der Waals surface area contributed by atoms with E-state index in [1.54, 1.807) is 0 Å². The predicted molar refractivity (Wildman–Crippen MR) is 123 cm³/mol. The van der Waals surface area contributed by atoms with E-state index in [1.165, 1.54) is 44.6 Å². The molecule has 1 aromatic carbocycles. The number of esters is 1. The summed E-state index contributed by atoms with van der Waals surface area (Å²) in [6.07, 6.45) is 18.6. The van der Waals surface area contributed by atoms with Crippen LogP contribution in [0.15, 0.2) is 42.5 Å². The monoisotopic (exact) mass is 414 g/mol. The summed E-state index contributed by atoms with van der Waals surface area (Å²) < 4.78 is 5.43. The van der Waals surface area contributed by atoms with Crippen LogP contribution in [0, 0.1) is 0 Å². The number of aryl methyl sites for hydroxylation is 1. The highest BCUT2D eigenvalue weighted by molar-refractivity contribution is 5.66. The van der Waals surface area contributed by atoms with E-state index in [0.717, 1.165) is 31.2 Å². The molecule has 0 spiro atoms. The van der Waals surface area contributed by atoms with Crippen LogP contribution in [-0.4, -0.2) is 23.1 Å². The van der Waals surface area contributed by atoms with E-state index in [4.69, 9.17) is 9.84 Å². The second kappa shape index (κ2) is 16.4. The number of benzene rings is 1. The van der Waals surface area contributed by atoms with Crippen molar-refractivity contribution < 1.29 is 19.4 Å². The minimum absolute atomic E-state index is 0.176. The van der Waals surface area contributed by atoms with Gasteiger partial charge in [-0.1, -0.05) is 81.5 Å². The molecule has 0 saturated heterocycles. The lowest BCUT2D eigenvalue weighted by atomic mass is 10.0. The lowest BCUT2D eigenvalue weighted by Crippen LogP contribution is -2.13. The Labute approximate surface area is 182 Å². The van der Waals surface area contributed by atoms with E-state index in [9.17, 15) is 9.59 Å². The number of carboxylic acid groups (broad SMARTS) is 1. The Morgan fingerprint density at radius 1 is 1.00 bits per heavy atom. The Morgan fingerprint density at radius 2 is 1.73 bits per heavy atom. The van der Waals surface area contributed by atoms with Gasteiger partial charge >= 0.3 is 11.9 Å². The Hall–Kier alpha value is -2.36. The number of carboxylic acids is 1. The Bertz CT molecular complexity index is 675. The molecule has 1 atom stereocenters. The van der Waals surface area contributed by atoms with Crippen LogP contribution in [0.25, 0.3) is 6.08 Å². The third-order valence-corrected chi connectivity index (χ3v) is 5.01. The molecule has 0 amide bonds. The van der Waals surface area contributed by atoms with E-state index < -0.39 is 5.97 Å². The van der Waals surface area contributed by atoms with Crippen molar-refractivity contribution in [3.05, 3.63) is 53.6 Å². The van der Waals surface area contributed by atoms with Crippen LogP contribution in [0.2, 0.25) is 0 Å². The lowest BCUT2D eigenvalue weighted by Gasteiger charge is -2.12. The van der Waals surface area contributed by atoms with Gasteiger partial charge in [-0.15, -0.1) is 0 Å². The molecule has 0 aliphatic carbocycles. The van der Waals surface area contributed by atoms with Gasteiger partial charge in [0.25, 0.3) is 0 Å². The van der Waals surface area contributed by atoms with Crippen LogP contribution in [0.4, 0.5) is 0 Å². The summed E-state index contributed by atoms with van der Waals surface area (Å²) in [5.41, 5.74) is 2.36. The van der Waals surface area contributed by atoms with E-state index in [0.29, 0.717) is 6.42 Å². The average molecular weight is 415 g/mol. The van der Waals surface area contributed by atoms with E-state index in [2.05, 4.69) is 25.1 Å². The summed E-state index contributed by atoms with van der Waals surface area (Å²) >= 11 is 0. The average Bonchev–Trinajstić information content (AvgIpc) is 2.71. The number of carbonyl (C=O) groups excluding carboxylic acids is 1. The van der Waals surface area contributed by atoms with Crippen LogP contribution in [-0.2, 0) is 20.7 Å².